The van der Waals surface area contributed by atoms with Gasteiger partial charge in [-0.3, -0.25) is 9.59 Å². The minimum Gasteiger partial charge on any atom is -0.481 e. The van der Waals surface area contributed by atoms with Crippen LogP contribution in [0.4, 0.5) is 5.00 Å². The predicted molar refractivity (Wildman–Crippen MR) is 154 cm³/mol. The Morgan fingerprint density at radius 2 is 1.77 bits per heavy atom. The maximum absolute atomic E-state index is 13.0. The Kier molecular flexibility index (Phi) is 9.61. The molecule has 1 aliphatic carbocycles. The van der Waals surface area contributed by atoms with Crippen LogP contribution in [0.5, 0.6) is 5.75 Å². The van der Waals surface area contributed by atoms with E-state index < -0.39 is 18.0 Å². The third-order valence-corrected chi connectivity index (χ3v) is 7.91. The second-order valence-electron chi connectivity index (χ2n) is 8.74. The fraction of sp³-hybridized carbons (Fsp3) is 0.286. The zero-order valence-corrected chi connectivity index (χ0v) is 23.7. The standard InChI is InChI=1S/C28H27Cl2N3O5S/c1-3-37-28(36)24-19-7-4-5-10-23(19)39-27(24)32-26(35)17-11-13-18(14-12-17)38-16(2)25(34)33-31-15-20-21(29)8-6-9-22(20)30/h6,8-9,11-16H,3-5,7,10H2,1-2H3,(H,32,35)(H,33,34)/b31-15+. The van der Waals surface area contributed by atoms with Crippen LogP contribution in [0.3, 0.4) is 0 Å². The van der Waals surface area contributed by atoms with Gasteiger partial charge < -0.3 is 14.8 Å². The van der Waals surface area contributed by atoms with Gasteiger partial charge in [0.15, 0.2) is 6.10 Å². The molecule has 39 heavy (non-hydrogen) atoms. The quantitative estimate of drug-likeness (QED) is 0.174. The van der Waals surface area contributed by atoms with Crippen molar-refractivity contribution in [3.8, 4) is 5.75 Å². The van der Waals surface area contributed by atoms with Crippen LogP contribution in [0.2, 0.25) is 10.0 Å². The summed E-state index contributed by atoms with van der Waals surface area (Å²) in [5, 5.41) is 8.11. The Balaban J connectivity index is 1.37. The number of hydrogen-bond acceptors (Lipinski definition) is 7. The highest BCUT2D eigenvalue weighted by atomic mass is 35.5. The lowest BCUT2D eigenvalue weighted by Gasteiger charge is -2.13. The van der Waals surface area contributed by atoms with Gasteiger partial charge in [-0.05, 0) is 81.5 Å². The van der Waals surface area contributed by atoms with Gasteiger partial charge in [0.1, 0.15) is 10.8 Å². The number of thiophene rings is 1. The summed E-state index contributed by atoms with van der Waals surface area (Å²) in [4.78, 5) is 39.1. The van der Waals surface area contributed by atoms with Crippen LogP contribution in [-0.2, 0) is 22.4 Å². The smallest absolute Gasteiger partial charge is 0.341 e. The lowest BCUT2D eigenvalue weighted by atomic mass is 9.95. The summed E-state index contributed by atoms with van der Waals surface area (Å²) in [7, 11) is 0. The molecular weight excluding hydrogens is 561 g/mol. The highest BCUT2D eigenvalue weighted by molar-refractivity contribution is 7.17. The molecule has 2 N–H and O–H groups in total. The lowest BCUT2D eigenvalue weighted by molar-refractivity contribution is -0.127. The van der Waals surface area contributed by atoms with Crippen molar-refractivity contribution in [3.05, 3.63) is 79.6 Å². The highest BCUT2D eigenvalue weighted by Crippen LogP contribution is 2.39. The molecule has 0 aliphatic heterocycles. The molecule has 8 nitrogen and oxygen atoms in total. The molecule has 1 atom stereocenters. The molecule has 1 unspecified atom stereocenters. The highest BCUT2D eigenvalue weighted by Gasteiger charge is 2.27. The Morgan fingerprint density at radius 3 is 2.46 bits per heavy atom. The van der Waals surface area contributed by atoms with Crippen LogP contribution < -0.4 is 15.5 Å². The van der Waals surface area contributed by atoms with Crippen LogP contribution in [0.1, 0.15) is 63.4 Å². The number of aryl methyl sites for hydroxylation is 1. The van der Waals surface area contributed by atoms with E-state index in [1.54, 1.807) is 56.3 Å². The van der Waals surface area contributed by atoms with Crippen molar-refractivity contribution in [3.63, 3.8) is 0 Å². The Labute approximate surface area is 240 Å². The van der Waals surface area contributed by atoms with Gasteiger partial charge in [0, 0.05) is 16.0 Å². The molecule has 1 aliphatic rings. The van der Waals surface area contributed by atoms with E-state index in [-0.39, 0.29) is 12.5 Å². The second kappa shape index (κ2) is 13.1. The van der Waals surface area contributed by atoms with Crippen molar-refractivity contribution >= 4 is 63.5 Å². The first-order valence-electron chi connectivity index (χ1n) is 12.4. The number of halogens is 2. The number of amides is 2. The van der Waals surface area contributed by atoms with E-state index in [2.05, 4.69) is 15.8 Å². The minimum atomic E-state index is -0.867. The number of esters is 1. The van der Waals surface area contributed by atoms with Gasteiger partial charge in [-0.25, -0.2) is 10.2 Å². The van der Waals surface area contributed by atoms with Crippen LogP contribution in [-0.4, -0.2) is 36.7 Å². The van der Waals surface area contributed by atoms with Gasteiger partial charge in [0.05, 0.1) is 28.4 Å². The molecule has 3 aromatic rings. The maximum atomic E-state index is 13.0. The van der Waals surface area contributed by atoms with E-state index in [0.29, 0.717) is 37.5 Å². The van der Waals surface area contributed by atoms with Gasteiger partial charge in [-0.15, -0.1) is 11.3 Å². The zero-order chi connectivity index (χ0) is 27.9. The summed E-state index contributed by atoms with van der Waals surface area (Å²) in [5.74, 6) is -0.859. The average Bonchev–Trinajstić information content (AvgIpc) is 3.28. The lowest BCUT2D eigenvalue weighted by Crippen LogP contribution is -2.33. The number of benzene rings is 2. The molecular formula is C28H27Cl2N3O5S. The van der Waals surface area contributed by atoms with Crippen LogP contribution >= 0.6 is 34.5 Å². The first-order valence-corrected chi connectivity index (χ1v) is 14.0. The van der Waals surface area contributed by atoms with E-state index in [9.17, 15) is 14.4 Å². The van der Waals surface area contributed by atoms with Gasteiger partial charge in [-0.1, -0.05) is 29.3 Å². The molecule has 204 valence electrons. The first-order chi connectivity index (χ1) is 18.8. The summed E-state index contributed by atoms with van der Waals surface area (Å²) >= 11 is 13.6. The molecule has 1 aromatic heterocycles. The number of anilines is 1. The minimum absolute atomic E-state index is 0.261. The number of rotatable bonds is 9. The molecule has 0 saturated carbocycles. The number of fused-ring (bicyclic) bond motifs is 1. The topological polar surface area (TPSA) is 106 Å². The van der Waals surface area contributed by atoms with Crippen molar-refractivity contribution in [2.24, 2.45) is 5.10 Å². The summed E-state index contributed by atoms with van der Waals surface area (Å²) in [6.07, 6.45) is 4.24. The van der Waals surface area contributed by atoms with E-state index in [1.165, 1.54) is 17.6 Å². The molecule has 2 aromatic carbocycles. The summed E-state index contributed by atoms with van der Waals surface area (Å²) < 4.78 is 10.9. The van der Waals surface area contributed by atoms with Crippen molar-refractivity contribution < 1.29 is 23.9 Å². The Morgan fingerprint density at radius 1 is 1.08 bits per heavy atom. The number of hydrogen-bond donors (Lipinski definition) is 2. The maximum Gasteiger partial charge on any atom is 0.341 e. The number of nitrogens with one attached hydrogen (secondary N) is 2. The monoisotopic (exact) mass is 587 g/mol. The third kappa shape index (κ3) is 6.98. The van der Waals surface area contributed by atoms with Crippen LogP contribution in [0, 0.1) is 0 Å². The molecule has 11 heteroatoms. The number of nitrogens with zero attached hydrogens (tertiary/aromatic N) is 1. The number of hydrazone groups is 1. The summed E-state index contributed by atoms with van der Waals surface area (Å²) in [6, 6.07) is 11.4. The fourth-order valence-corrected chi connectivity index (χ4v) is 5.84. The first kappa shape index (κ1) is 28.6. The van der Waals surface area contributed by atoms with Crippen molar-refractivity contribution in [2.75, 3.05) is 11.9 Å². The molecule has 0 radical (unpaired) electrons. The zero-order valence-electron chi connectivity index (χ0n) is 21.4. The third-order valence-electron chi connectivity index (χ3n) is 6.04. The van der Waals surface area contributed by atoms with E-state index in [1.807, 2.05) is 0 Å². The fourth-order valence-electron chi connectivity index (χ4n) is 4.08. The van der Waals surface area contributed by atoms with Crippen LogP contribution in [0.25, 0.3) is 0 Å². The largest absolute Gasteiger partial charge is 0.481 e. The van der Waals surface area contributed by atoms with Gasteiger partial charge in [0.25, 0.3) is 11.8 Å². The molecule has 1 heterocycles. The average molecular weight is 589 g/mol. The Bertz CT molecular complexity index is 1380. The number of carbonyl (C=O) groups excluding carboxylic acids is 3. The van der Waals surface area contributed by atoms with Gasteiger partial charge >= 0.3 is 5.97 Å². The predicted octanol–water partition coefficient (Wildman–Crippen LogP) is 6.28. The Hall–Kier alpha value is -3.40. The number of carbonyl (C=O) groups is 3. The molecule has 0 bridgehead atoms. The molecule has 0 saturated heterocycles. The summed E-state index contributed by atoms with van der Waals surface area (Å²) in [6.45, 7) is 3.59. The number of ether oxygens (including phenoxy) is 2. The van der Waals surface area contributed by atoms with Crippen LogP contribution in [0.15, 0.2) is 47.6 Å². The molecule has 4 rings (SSSR count). The van der Waals surface area contributed by atoms with E-state index in [0.717, 1.165) is 36.1 Å². The SMILES string of the molecule is CCOC(=O)c1c(NC(=O)c2ccc(OC(C)C(=O)N/N=C/c3c(Cl)cccc3Cl)cc2)sc2c1CCCC2. The summed E-state index contributed by atoms with van der Waals surface area (Å²) in [5.41, 5.74) is 4.70. The normalized spacial score (nSPS) is 13.4. The molecule has 0 fully saturated rings. The molecule has 2 amide bonds. The van der Waals surface area contributed by atoms with Crippen molar-refractivity contribution in [2.45, 2.75) is 45.6 Å². The molecule has 0 spiro atoms. The van der Waals surface area contributed by atoms with Gasteiger partial charge in [0.2, 0.25) is 0 Å². The van der Waals surface area contributed by atoms with E-state index >= 15 is 0 Å². The van der Waals surface area contributed by atoms with Crippen molar-refractivity contribution in [1.82, 2.24) is 5.43 Å². The van der Waals surface area contributed by atoms with Gasteiger partial charge in [-0.2, -0.15) is 5.10 Å². The van der Waals surface area contributed by atoms with E-state index in [4.69, 9.17) is 32.7 Å². The second-order valence-corrected chi connectivity index (χ2v) is 10.7. The van der Waals surface area contributed by atoms with Crippen molar-refractivity contribution in [1.29, 1.82) is 0 Å².